The number of ether oxygens (including phenoxy) is 2. The summed E-state index contributed by atoms with van der Waals surface area (Å²) in [4.78, 5) is -1.48. The van der Waals surface area contributed by atoms with Crippen LogP contribution in [0, 0.1) is 0 Å². The SMILES string of the molecule is FC(F)(F)N(CCCOCOCc1ccccc1)C(F)(F)F. The van der Waals surface area contributed by atoms with Crippen molar-refractivity contribution in [2.24, 2.45) is 0 Å². The molecule has 0 bridgehead atoms. The molecule has 1 aromatic rings. The fraction of sp³-hybridized carbons (Fsp3) is 0.538. The third-order valence-electron chi connectivity index (χ3n) is 2.56. The maximum atomic E-state index is 12.2. The molecular formula is C13H15F6NO2. The summed E-state index contributed by atoms with van der Waals surface area (Å²) in [6.45, 7) is -1.44. The summed E-state index contributed by atoms with van der Waals surface area (Å²) in [7, 11) is 0. The fourth-order valence-corrected chi connectivity index (χ4v) is 1.57. The number of nitrogens with zero attached hydrogens (tertiary/aromatic N) is 1. The van der Waals surface area contributed by atoms with Crippen LogP contribution in [0.4, 0.5) is 26.3 Å². The maximum Gasteiger partial charge on any atom is 0.467 e. The molecule has 0 aromatic heterocycles. The molecule has 0 fully saturated rings. The molecule has 0 saturated carbocycles. The van der Waals surface area contributed by atoms with Gasteiger partial charge in [0.15, 0.2) is 0 Å². The van der Waals surface area contributed by atoms with Gasteiger partial charge in [0.05, 0.1) is 13.2 Å². The molecule has 0 saturated heterocycles. The van der Waals surface area contributed by atoms with Gasteiger partial charge in [0, 0.05) is 6.54 Å². The van der Waals surface area contributed by atoms with E-state index in [0.29, 0.717) is 0 Å². The van der Waals surface area contributed by atoms with E-state index < -0.39 is 30.5 Å². The monoisotopic (exact) mass is 331 g/mol. The van der Waals surface area contributed by atoms with Crippen LogP contribution in [0.2, 0.25) is 0 Å². The molecule has 3 nitrogen and oxygen atoms in total. The number of hydrogen-bond acceptors (Lipinski definition) is 3. The Morgan fingerprint density at radius 2 is 1.45 bits per heavy atom. The Kier molecular flexibility index (Phi) is 7.11. The van der Waals surface area contributed by atoms with Crippen molar-refractivity contribution in [3.8, 4) is 0 Å². The van der Waals surface area contributed by atoms with Gasteiger partial charge in [-0.15, -0.1) is 4.90 Å². The molecular weight excluding hydrogens is 316 g/mol. The summed E-state index contributed by atoms with van der Waals surface area (Å²) in [6, 6.07) is 9.06. The van der Waals surface area contributed by atoms with Gasteiger partial charge in [0.2, 0.25) is 0 Å². The van der Waals surface area contributed by atoms with Crippen LogP contribution < -0.4 is 0 Å². The van der Waals surface area contributed by atoms with E-state index in [9.17, 15) is 26.3 Å². The van der Waals surface area contributed by atoms with E-state index in [2.05, 4.69) is 0 Å². The normalized spacial score (nSPS) is 12.9. The lowest BCUT2D eigenvalue weighted by Crippen LogP contribution is -2.48. The van der Waals surface area contributed by atoms with Crippen molar-refractivity contribution in [2.45, 2.75) is 25.6 Å². The molecule has 0 aliphatic heterocycles. The van der Waals surface area contributed by atoms with Crippen LogP contribution in [0.15, 0.2) is 30.3 Å². The van der Waals surface area contributed by atoms with Gasteiger partial charge in [-0.1, -0.05) is 30.3 Å². The van der Waals surface area contributed by atoms with E-state index in [0.717, 1.165) is 5.56 Å². The first-order valence-electron chi connectivity index (χ1n) is 6.32. The minimum atomic E-state index is -5.46. The minimum Gasteiger partial charge on any atom is -0.355 e. The second-order valence-electron chi connectivity index (χ2n) is 4.30. The number of rotatable bonds is 8. The molecule has 1 rings (SSSR count). The largest absolute Gasteiger partial charge is 0.467 e. The molecule has 22 heavy (non-hydrogen) atoms. The Morgan fingerprint density at radius 1 is 0.864 bits per heavy atom. The van der Waals surface area contributed by atoms with Crippen molar-refractivity contribution in [3.05, 3.63) is 35.9 Å². The zero-order valence-electron chi connectivity index (χ0n) is 11.5. The third-order valence-corrected chi connectivity index (χ3v) is 2.56. The highest BCUT2D eigenvalue weighted by Gasteiger charge is 2.53. The van der Waals surface area contributed by atoms with Gasteiger partial charge in [-0.2, -0.15) is 26.3 Å². The van der Waals surface area contributed by atoms with Crippen molar-refractivity contribution in [2.75, 3.05) is 19.9 Å². The van der Waals surface area contributed by atoms with E-state index in [1.807, 2.05) is 30.3 Å². The Morgan fingerprint density at radius 3 is 2.00 bits per heavy atom. The Labute approximate surface area is 123 Å². The lowest BCUT2D eigenvalue weighted by Gasteiger charge is -2.26. The molecule has 9 heteroatoms. The van der Waals surface area contributed by atoms with Crippen molar-refractivity contribution < 1.29 is 35.8 Å². The first-order chi connectivity index (χ1) is 10.2. The second-order valence-corrected chi connectivity index (χ2v) is 4.30. The molecule has 1 aromatic carbocycles. The summed E-state index contributed by atoms with van der Waals surface area (Å²) >= 11 is 0. The molecule has 0 aliphatic carbocycles. The predicted octanol–water partition coefficient (Wildman–Crippen LogP) is 3.91. The zero-order valence-corrected chi connectivity index (χ0v) is 11.5. The van der Waals surface area contributed by atoms with Crippen LogP contribution in [-0.4, -0.2) is 37.4 Å². The number of alkyl halides is 6. The van der Waals surface area contributed by atoms with Gasteiger partial charge < -0.3 is 9.47 Å². The lowest BCUT2D eigenvalue weighted by atomic mass is 10.2. The van der Waals surface area contributed by atoms with Crippen LogP contribution in [0.5, 0.6) is 0 Å². The quantitative estimate of drug-likeness (QED) is 0.312. The molecule has 0 aliphatic rings. The van der Waals surface area contributed by atoms with Gasteiger partial charge in [0.25, 0.3) is 0 Å². The number of hydrogen-bond donors (Lipinski definition) is 0. The molecule has 0 radical (unpaired) electrons. The molecule has 0 spiro atoms. The number of halogens is 6. The number of benzene rings is 1. The van der Waals surface area contributed by atoms with Crippen LogP contribution in [0.1, 0.15) is 12.0 Å². The topological polar surface area (TPSA) is 21.7 Å². The molecule has 0 atom stereocenters. The Hall–Kier alpha value is -1.32. The van der Waals surface area contributed by atoms with Crippen LogP contribution in [0.25, 0.3) is 0 Å². The summed E-state index contributed by atoms with van der Waals surface area (Å²) in [5.74, 6) is 0. The highest BCUT2D eigenvalue weighted by molar-refractivity contribution is 5.13. The molecule has 126 valence electrons. The van der Waals surface area contributed by atoms with Crippen molar-refractivity contribution in [1.82, 2.24) is 4.90 Å². The van der Waals surface area contributed by atoms with E-state index in [-0.39, 0.29) is 20.0 Å². The van der Waals surface area contributed by atoms with Crippen LogP contribution in [0.3, 0.4) is 0 Å². The van der Waals surface area contributed by atoms with E-state index in [4.69, 9.17) is 9.47 Å². The summed E-state index contributed by atoms with van der Waals surface area (Å²) < 4.78 is 83.0. The molecule has 0 heterocycles. The van der Waals surface area contributed by atoms with Gasteiger partial charge in [-0.25, -0.2) is 0 Å². The van der Waals surface area contributed by atoms with Gasteiger partial charge in [0.1, 0.15) is 6.79 Å². The van der Waals surface area contributed by atoms with E-state index in [1.165, 1.54) is 0 Å². The highest BCUT2D eigenvalue weighted by Crippen LogP contribution is 2.33. The standard InChI is InChI=1S/C13H15F6NO2/c14-12(15,16)20(13(17,18)19)7-4-8-21-10-22-9-11-5-2-1-3-6-11/h1-3,5-6H,4,7-10H2. The fourth-order valence-electron chi connectivity index (χ4n) is 1.57. The lowest BCUT2D eigenvalue weighted by molar-refractivity contribution is -0.373. The molecule has 0 N–H and O–H groups in total. The smallest absolute Gasteiger partial charge is 0.355 e. The van der Waals surface area contributed by atoms with E-state index in [1.54, 1.807) is 0 Å². The van der Waals surface area contributed by atoms with Crippen molar-refractivity contribution in [1.29, 1.82) is 0 Å². The van der Waals surface area contributed by atoms with Crippen molar-refractivity contribution in [3.63, 3.8) is 0 Å². The second kappa shape index (κ2) is 8.35. The first-order valence-corrected chi connectivity index (χ1v) is 6.32. The first kappa shape index (κ1) is 18.7. The van der Waals surface area contributed by atoms with Gasteiger partial charge in [-0.05, 0) is 12.0 Å². The maximum absolute atomic E-state index is 12.2. The Bertz CT molecular complexity index is 407. The van der Waals surface area contributed by atoms with Crippen LogP contribution >= 0.6 is 0 Å². The van der Waals surface area contributed by atoms with Crippen LogP contribution in [-0.2, 0) is 16.1 Å². The predicted molar refractivity (Wildman–Crippen MR) is 65.5 cm³/mol. The van der Waals surface area contributed by atoms with Gasteiger partial charge >= 0.3 is 12.6 Å². The third kappa shape index (κ3) is 7.10. The summed E-state index contributed by atoms with van der Waals surface area (Å²) in [6.07, 6.45) is -11.3. The highest BCUT2D eigenvalue weighted by atomic mass is 19.4. The van der Waals surface area contributed by atoms with Gasteiger partial charge in [-0.3, -0.25) is 0 Å². The molecule has 0 unspecified atom stereocenters. The average molecular weight is 331 g/mol. The molecule has 0 amide bonds. The summed E-state index contributed by atoms with van der Waals surface area (Å²) in [5, 5.41) is 0. The van der Waals surface area contributed by atoms with E-state index >= 15 is 0 Å². The Balaban J connectivity index is 2.16. The zero-order chi connectivity index (χ0) is 16.6. The average Bonchev–Trinajstić information content (AvgIpc) is 2.40. The minimum absolute atomic E-state index is 0.201. The summed E-state index contributed by atoms with van der Waals surface area (Å²) in [5.41, 5.74) is 0.881. The van der Waals surface area contributed by atoms with Crippen molar-refractivity contribution >= 4 is 0 Å².